The van der Waals surface area contributed by atoms with E-state index in [2.05, 4.69) is 25.6 Å². The van der Waals surface area contributed by atoms with E-state index in [1.807, 2.05) is 34.6 Å². The number of carbonyl (C=O) groups excluding carboxylic acids is 1. The molecule has 0 radical (unpaired) electrons. The maximum atomic E-state index is 14.8. The van der Waals surface area contributed by atoms with Crippen LogP contribution in [0.2, 0.25) is 0 Å². The number of amides is 1. The van der Waals surface area contributed by atoms with E-state index < -0.39 is 17.5 Å². The smallest absolute Gasteiger partial charge is 0.261 e. The van der Waals surface area contributed by atoms with E-state index in [1.54, 1.807) is 36.4 Å². The normalized spacial score (nSPS) is 9.88. The first-order valence-corrected chi connectivity index (χ1v) is 11.0. The number of hydrogen-bond acceptors (Lipinski definition) is 5. The Morgan fingerprint density at radius 2 is 1.59 bits per heavy atom. The van der Waals surface area contributed by atoms with Crippen molar-refractivity contribution in [1.29, 1.82) is 0 Å². The molecule has 2 aromatic carbocycles. The van der Waals surface area contributed by atoms with Gasteiger partial charge >= 0.3 is 0 Å². The van der Waals surface area contributed by atoms with E-state index in [9.17, 15) is 13.6 Å². The van der Waals surface area contributed by atoms with E-state index in [0.717, 1.165) is 12.0 Å². The Hall–Kier alpha value is -4.01. The second-order valence-corrected chi connectivity index (χ2v) is 6.62. The fourth-order valence-corrected chi connectivity index (χ4v) is 2.96. The van der Waals surface area contributed by atoms with Crippen LogP contribution in [0.3, 0.4) is 0 Å². The van der Waals surface area contributed by atoms with Gasteiger partial charge in [0.1, 0.15) is 6.33 Å². The van der Waals surface area contributed by atoms with Crippen LogP contribution in [-0.2, 0) is 4.79 Å². The molecule has 0 aliphatic heterocycles. The number of nitrogens with zero attached hydrogens (tertiary/aromatic N) is 2. The largest absolute Gasteiger partial charge is 0.433 e. The lowest BCUT2D eigenvalue weighted by Gasteiger charge is -2.11. The van der Waals surface area contributed by atoms with Gasteiger partial charge in [-0.25, -0.2) is 9.37 Å². The highest BCUT2D eigenvalue weighted by Crippen LogP contribution is 2.32. The van der Waals surface area contributed by atoms with Gasteiger partial charge in [-0.1, -0.05) is 27.7 Å². The highest BCUT2D eigenvalue weighted by molar-refractivity contribution is 5.88. The average molecular weight is 470 g/mol. The summed E-state index contributed by atoms with van der Waals surface area (Å²) in [6, 6.07) is 11.3. The third kappa shape index (κ3) is 6.28. The molecule has 1 amide bonds. The Bertz CT molecular complexity index is 1240. The Morgan fingerprint density at radius 1 is 0.941 bits per heavy atom. The first-order chi connectivity index (χ1) is 16.4. The molecule has 0 aliphatic carbocycles. The predicted molar refractivity (Wildman–Crippen MR) is 132 cm³/mol. The molecular weight excluding hydrogens is 440 g/mol. The van der Waals surface area contributed by atoms with E-state index in [0.29, 0.717) is 22.3 Å². The van der Waals surface area contributed by atoms with Crippen molar-refractivity contribution in [2.24, 2.45) is 0 Å². The molecule has 7 nitrogen and oxygen atoms in total. The summed E-state index contributed by atoms with van der Waals surface area (Å²) in [5, 5.41) is 5.79. The lowest BCUT2D eigenvalue weighted by molar-refractivity contribution is -0.114. The van der Waals surface area contributed by atoms with Gasteiger partial charge in [0.25, 0.3) is 5.88 Å². The van der Waals surface area contributed by atoms with E-state index in [-0.39, 0.29) is 17.5 Å². The summed E-state index contributed by atoms with van der Waals surface area (Å²) in [5.41, 5.74) is 2.55. The zero-order valence-electron chi connectivity index (χ0n) is 20.1. The van der Waals surface area contributed by atoms with Gasteiger partial charge in [0.15, 0.2) is 17.4 Å². The summed E-state index contributed by atoms with van der Waals surface area (Å²) in [7, 11) is 0. The monoisotopic (exact) mass is 469 g/mol. The molecule has 0 fully saturated rings. The predicted octanol–water partition coefficient (Wildman–Crippen LogP) is 7.09. The molecular formula is C25H29F2N5O2. The van der Waals surface area contributed by atoms with Gasteiger partial charge in [-0.15, -0.1) is 0 Å². The van der Waals surface area contributed by atoms with Crippen LogP contribution in [0, 0.1) is 18.6 Å². The number of nitrogens with one attached hydrogen (secondary N) is 3. The number of ether oxygens (including phenoxy) is 1. The third-order valence-corrected chi connectivity index (χ3v) is 4.27. The first kappa shape index (κ1) is 26.2. The maximum absolute atomic E-state index is 14.8. The molecule has 0 bridgehead atoms. The molecule has 3 N–H and O–H groups in total. The molecule has 0 atom stereocenters. The van der Waals surface area contributed by atoms with Gasteiger partial charge in [0.05, 0.1) is 0 Å². The van der Waals surface area contributed by atoms with Gasteiger partial charge in [0, 0.05) is 34.9 Å². The van der Waals surface area contributed by atoms with Crippen molar-refractivity contribution in [2.45, 2.75) is 41.5 Å². The van der Waals surface area contributed by atoms with Crippen LogP contribution in [0.25, 0.3) is 10.9 Å². The van der Waals surface area contributed by atoms with E-state index in [1.165, 1.54) is 13.0 Å². The van der Waals surface area contributed by atoms with Crippen molar-refractivity contribution in [2.75, 3.05) is 10.6 Å². The minimum Gasteiger partial charge on any atom is -0.433 e. The fourth-order valence-electron chi connectivity index (χ4n) is 2.96. The van der Waals surface area contributed by atoms with Crippen LogP contribution < -0.4 is 15.4 Å². The number of anilines is 3. The number of halogens is 2. The Balaban J connectivity index is 0.000000970. The zero-order valence-corrected chi connectivity index (χ0v) is 20.1. The number of fused-ring (bicyclic) bond motifs is 1. The topological polar surface area (TPSA) is 91.9 Å². The summed E-state index contributed by atoms with van der Waals surface area (Å²) >= 11 is 0. The fraction of sp³-hybridized carbons (Fsp3) is 0.240. The molecule has 4 aromatic rings. The lowest BCUT2D eigenvalue weighted by Crippen LogP contribution is -2.05. The number of aryl methyl sites for hydroxylation is 1. The molecule has 0 aliphatic rings. The van der Waals surface area contributed by atoms with Crippen molar-refractivity contribution < 1.29 is 18.3 Å². The number of H-pyrrole nitrogens is 1. The van der Waals surface area contributed by atoms with Crippen LogP contribution >= 0.6 is 0 Å². The van der Waals surface area contributed by atoms with Crippen LogP contribution in [0.4, 0.5) is 26.0 Å². The molecule has 180 valence electrons. The number of benzene rings is 2. The number of aromatic amines is 1. The second kappa shape index (κ2) is 12.3. The SMILES string of the molecule is CC.CC.CC(=O)Nc1ccc(Nc2ncnc(Oc3ccc4[nH]c(C)cc4c3F)c2F)cc1. The summed E-state index contributed by atoms with van der Waals surface area (Å²) < 4.78 is 35.0. The number of aromatic nitrogens is 3. The van der Waals surface area contributed by atoms with E-state index >= 15 is 0 Å². The average Bonchev–Trinajstić information content (AvgIpc) is 3.23. The van der Waals surface area contributed by atoms with Crippen molar-refractivity contribution in [3.63, 3.8) is 0 Å². The van der Waals surface area contributed by atoms with Crippen molar-refractivity contribution in [3.8, 4) is 11.6 Å². The molecule has 4 rings (SSSR count). The third-order valence-electron chi connectivity index (χ3n) is 4.27. The van der Waals surface area contributed by atoms with Gasteiger partial charge in [0.2, 0.25) is 11.7 Å². The number of hydrogen-bond donors (Lipinski definition) is 3. The van der Waals surface area contributed by atoms with Crippen molar-refractivity contribution in [3.05, 3.63) is 66.1 Å². The molecule has 0 spiro atoms. The molecule has 0 saturated carbocycles. The summed E-state index contributed by atoms with van der Waals surface area (Å²) in [4.78, 5) is 21.8. The molecule has 2 heterocycles. The highest BCUT2D eigenvalue weighted by atomic mass is 19.1. The van der Waals surface area contributed by atoms with Gasteiger partial charge in [-0.2, -0.15) is 9.37 Å². The van der Waals surface area contributed by atoms with Crippen LogP contribution in [0.15, 0.2) is 48.8 Å². The molecule has 0 unspecified atom stereocenters. The van der Waals surface area contributed by atoms with E-state index in [4.69, 9.17) is 4.74 Å². The van der Waals surface area contributed by atoms with Crippen LogP contribution in [0.5, 0.6) is 11.6 Å². The van der Waals surface area contributed by atoms with Crippen molar-refractivity contribution >= 4 is 34.0 Å². The molecule has 34 heavy (non-hydrogen) atoms. The zero-order chi connectivity index (χ0) is 25.3. The number of rotatable bonds is 5. The highest BCUT2D eigenvalue weighted by Gasteiger charge is 2.17. The van der Waals surface area contributed by atoms with Crippen molar-refractivity contribution in [1.82, 2.24) is 15.0 Å². The molecule has 0 saturated heterocycles. The minimum atomic E-state index is -0.867. The van der Waals surface area contributed by atoms with Gasteiger partial charge < -0.3 is 20.4 Å². The van der Waals surface area contributed by atoms with Gasteiger partial charge in [-0.3, -0.25) is 4.79 Å². The minimum absolute atomic E-state index is 0.133. The lowest BCUT2D eigenvalue weighted by atomic mass is 10.2. The Labute approximate surface area is 197 Å². The van der Waals surface area contributed by atoms with Gasteiger partial charge in [-0.05, 0) is 49.4 Å². The maximum Gasteiger partial charge on any atom is 0.261 e. The first-order valence-electron chi connectivity index (χ1n) is 11.0. The molecule has 2 aromatic heterocycles. The van der Waals surface area contributed by atoms with Crippen LogP contribution in [-0.4, -0.2) is 20.9 Å². The summed E-state index contributed by atoms with van der Waals surface area (Å²) in [6.45, 7) is 11.2. The summed E-state index contributed by atoms with van der Waals surface area (Å²) in [6.07, 6.45) is 1.11. The number of carbonyl (C=O) groups is 1. The Kier molecular flexibility index (Phi) is 9.49. The quantitative estimate of drug-likeness (QED) is 0.290. The Morgan fingerprint density at radius 3 is 2.24 bits per heavy atom. The standard InChI is InChI=1S/C21H17F2N5O2.2C2H6/c1-11-9-15-16(26-11)7-8-17(18(15)22)30-21-19(23)20(24-10-25-21)28-14-5-3-13(4-6-14)27-12(2)29;2*1-2/h3-10,26H,1-2H3,(H,27,29)(H,24,25,28);2*1-2H3. The molecule has 9 heteroatoms. The second-order valence-electron chi connectivity index (χ2n) is 6.62. The summed E-state index contributed by atoms with van der Waals surface area (Å²) in [5.74, 6) is -2.37. The van der Waals surface area contributed by atoms with Crippen LogP contribution in [0.1, 0.15) is 40.3 Å².